The molecule has 0 aromatic carbocycles. The fraction of sp³-hybridized carbons (Fsp3) is 0.190. The van der Waals surface area contributed by atoms with E-state index in [1.54, 1.807) is 33.6 Å². The Kier molecular flexibility index (Phi) is 5.47. The zero-order chi connectivity index (χ0) is 24.0. The predicted molar refractivity (Wildman–Crippen MR) is 113 cm³/mol. The Hall–Kier alpha value is -3.69. The zero-order valence-electron chi connectivity index (χ0n) is 17.3. The molecule has 0 amide bonds. The van der Waals surface area contributed by atoms with Crippen molar-refractivity contribution in [2.45, 2.75) is 24.0 Å². The standard InChI is InChI=1S/C21H16F3N5O3S/c1-12(21(22,23)24)28-33(30,31)15-6-7-18(26-11-15)19-17(9-25)16-8-14(32-2)10-27-20(16)29(19)13-4-3-5-13/h3-8,10-12,28H,1-2H3. The molecule has 0 aliphatic heterocycles. The number of aromatic nitrogens is 3. The Bertz CT molecular complexity index is 1450. The van der Waals surface area contributed by atoms with Gasteiger partial charge >= 0.3 is 6.18 Å². The van der Waals surface area contributed by atoms with Crippen molar-refractivity contribution in [3.05, 3.63) is 54.4 Å². The molecule has 170 valence electrons. The second kappa shape index (κ2) is 8.02. The van der Waals surface area contributed by atoms with Gasteiger partial charge in [-0.2, -0.15) is 23.2 Å². The smallest absolute Gasteiger partial charge is 0.404 e. The van der Waals surface area contributed by atoms with Crippen LogP contribution in [0.1, 0.15) is 12.5 Å². The molecule has 8 nitrogen and oxygen atoms in total. The number of pyridine rings is 2. The molecule has 1 aliphatic rings. The first-order valence-electron chi connectivity index (χ1n) is 9.49. The number of methoxy groups -OCH3 is 1. The molecule has 1 N–H and O–H groups in total. The van der Waals surface area contributed by atoms with E-state index < -0.39 is 27.1 Å². The quantitative estimate of drug-likeness (QED) is 0.583. The van der Waals surface area contributed by atoms with Crippen LogP contribution in [-0.2, 0) is 10.0 Å². The average Bonchev–Trinajstić information content (AvgIpc) is 3.04. The number of allylic oxidation sites excluding steroid dienone is 4. The number of nitriles is 1. The summed E-state index contributed by atoms with van der Waals surface area (Å²) in [6, 6.07) is 3.99. The van der Waals surface area contributed by atoms with Crippen molar-refractivity contribution < 1.29 is 26.3 Å². The number of sulfonamides is 1. The lowest BCUT2D eigenvalue weighted by Gasteiger charge is -2.17. The normalized spacial score (nSPS) is 14.5. The molecule has 0 radical (unpaired) electrons. The molecule has 12 heteroatoms. The summed E-state index contributed by atoms with van der Waals surface area (Å²) in [7, 11) is -3.00. The number of halogens is 3. The van der Waals surface area contributed by atoms with E-state index in [9.17, 15) is 26.9 Å². The van der Waals surface area contributed by atoms with Crippen LogP contribution in [0.3, 0.4) is 0 Å². The number of fused-ring (bicyclic) bond motifs is 1. The van der Waals surface area contributed by atoms with Crippen LogP contribution in [0.25, 0.3) is 28.1 Å². The maximum atomic E-state index is 12.8. The van der Waals surface area contributed by atoms with Gasteiger partial charge in [-0.1, -0.05) is 6.08 Å². The second-order valence-electron chi connectivity index (χ2n) is 7.13. The van der Waals surface area contributed by atoms with Gasteiger partial charge in [0.1, 0.15) is 28.4 Å². The number of rotatable bonds is 6. The van der Waals surface area contributed by atoms with Crippen molar-refractivity contribution in [1.29, 1.82) is 5.26 Å². The van der Waals surface area contributed by atoms with E-state index in [1.165, 1.54) is 19.4 Å². The van der Waals surface area contributed by atoms with Gasteiger partial charge in [0, 0.05) is 17.3 Å². The minimum absolute atomic E-state index is 0.240. The first-order valence-corrected chi connectivity index (χ1v) is 11.0. The molecule has 1 unspecified atom stereocenters. The molecule has 0 spiro atoms. The van der Waals surface area contributed by atoms with E-state index in [1.807, 2.05) is 0 Å². The lowest BCUT2D eigenvalue weighted by atomic mass is 10.1. The van der Waals surface area contributed by atoms with Gasteiger partial charge < -0.3 is 4.74 Å². The highest BCUT2D eigenvalue weighted by Crippen LogP contribution is 2.37. The number of nitrogens with zero attached hydrogens (tertiary/aromatic N) is 4. The first-order chi connectivity index (χ1) is 15.6. The molecule has 1 aliphatic carbocycles. The third kappa shape index (κ3) is 3.96. The molecule has 4 rings (SSSR count). The summed E-state index contributed by atoms with van der Waals surface area (Å²) >= 11 is 0. The molecule has 3 aromatic rings. The third-order valence-electron chi connectivity index (χ3n) is 5.03. The van der Waals surface area contributed by atoms with Crippen molar-refractivity contribution >= 4 is 26.8 Å². The van der Waals surface area contributed by atoms with E-state index in [2.05, 4.69) is 16.0 Å². The molecule has 0 saturated carbocycles. The van der Waals surface area contributed by atoms with Gasteiger partial charge in [0.15, 0.2) is 0 Å². The van der Waals surface area contributed by atoms with E-state index >= 15 is 0 Å². The topological polar surface area (TPSA) is 110 Å². The Labute approximate surface area is 186 Å². The highest BCUT2D eigenvalue weighted by molar-refractivity contribution is 7.89. The fourth-order valence-corrected chi connectivity index (χ4v) is 4.42. The van der Waals surface area contributed by atoms with Crippen molar-refractivity contribution in [3.63, 3.8) is 0 Å². The lowest BCUT2D eigenvalue weighted by Crippen LogP contribution is -2.42. The maximum Gasteiger partial charge on any atom is 0.404 e. The van der Waals surface area contributed by atoms with Gasteiger partial charge in [0.05, 0.1) is 30.3 Å². The van der Waals surface area contributed by atoms with Crippen molar-refractivity contribution in [2.24, 2.45) is 0 Å². The maximum absolute atomic E-state index is 12.8. The van der Waals surface area contributed by atoms with Crippen LogP contribution in [0.2, 0.25) is 0 Å². The second-order valence-corrected chi connectivity index (χ2v) is 8.85. The average molecular weight is 475 g/mol. The van der Waals surface area contributed by atoms with Crippen LogP contribution in [0, 0.1) is 11.3 Å². The highest BCUT2D eigenvalue weighted by atomic mass is 32.2. The summed E-state index contributed by atoms with van der Waals surface area (Å²) in [6.07, 6.45) is 3.12. The molecule has 1 atom stereocenters. The molecule has 0 saturated heterocycles. The number of nitrogens with one attached hydrogen (secondary N) is 1. The Morgan fingerprint density at radius 2 is 1.97 bits per heavy atom. The van der Waals surface area contributed by atoms with Crippen LogP contribution in [0.15, 0.2) is 53.7 Å². The van der Waals surface area contributed by atoms with Crippen molar-refractivity contribution in [1.82, 2.24) is 19.3 Å². The van der Waals surface area contributed by atoms with E-state index in [0.717, 1.165) is 18.0 Å². The SMILES string of the molecule is COc1cnc2c(c1)c(C#N)c(-c1ccc(S(=O)(=O)NC(C)C(F)(F)F)cn1)n2C1=CC=C1. The monoisotopic (exact) mass is 475 g/mol. The van der Waals surface area contributed by atoms with Gasteiger partial charge in [0.2, 0.25) is 10.0 Å². The van der Waals surface area contributed by atoms with Gasteiger partial charge in [-0.15, -0.1) is 0 Å². The Morgan fingerprint density at radius 3 is 2.48 bits per heavy atom. The van der Waals surface area contributed by atoms with Crippen LogP contribution in [-0.4, -0.2) is 42.3 Å². The predicted octanol–water partition coefficient (Wildman–Crippen LogP) is 3.62. The van der Waals surface area contributed by atoms with Crippen LogP contribution in [0.4, 0.5) is 13.2 Å². The molecule has 3 heterocycles. The summed E-state index contributed by atoms with van der Waals surface area (Å²) in [5, 5.41) is 10.4. The van der Waals surface area contributed by atoms with Crippen molar-refractivity contribution in [2.75, 3.05) is 7.11 Å². The number of ether oxygens (including phenoxy) is 1. The number of hydrogen-bond donors (Lipinski definition) is 1. The summed E-state index contributed by atoms with van der Waals surface area (Å²) in [5.41, 5.74) is 2.05. The molecule has 0 bridgehead atoms. The Morgan fingerprint density at radius 1 is 1.24 bits per heavy atom. The molecule has 0 fully saturated rings. The third-order valence-corrected chi connectivity index (χ3v) is 6.56. The van der Waals surface area contributed by atoms with Crippen LogP contribution >= 0.6 is 0 Å². The van der Waals surface area contributed by atoms with Crippen LogP contribution < -0.4 is 9.46 Å². The van der Waals surface area contributed by atoms with Gasteiger partial charge in [-0.25, -0.2) is 13.4 Å². The summed E-state index contributed by atoms with van der Waals surface area (Å²) in [4.78, 5) is 8.11. The van der Waals surface area contributed by atoms with Gasteiger partial charge in [0.25, 0.3) is 0 Å². The fourth-order valence-electron chi connectivity index (χ4n) is 3.24. The minimum atomic E-state index is -4.73. The van der Waals surface area contributed by atoms with Crippen LogP contribution in [0.5, 0.6) is 5.75 Å². The van der Waals surface area contributed by atoms with Crippen molar-refractivity contribution in [3.8, 4) is 23.2 Å². The molecular weight excluding hydrogens is 459 g/mol. The summed E-state index contributed by atoms with van der Waals surface area (Å²) < 4.78 is 71.5. The molecule has 3 aromatic heterocycles. The van der Waals surface area contributed by atoms with Gasteiger partial charge in [-0.05, 0) is 37.3 Å². The minimum Gasteiger partial charge on any atom is -0.495 e. The highest BCUT2D eigenvalue weighted by Gasteiger charge is 2.39. The number of hydrogen-bond acceptors (Lipinski definition) is 6. The molecular formula is C21H16F3N5O3S. The van der Waals surface area contributed by atoms with E-state index in [-0.39, 0.29) is 11.3 Å². The van der Waals surface area contributed by atoms with Gasteiger partial charge in [-0.3, -0.25) is 9.55 Å². The van der Waals surface area contributed by atoms with E-state index in [0.29, 0.717) is 29.4 Å². The zero-order valence-corrected chi connectivity index (χ0v) is 18.1. The first kappa shape index (κ1) is 22.5. The number of alkyl halides is 3. The Balaban J connectivity index is 1.82. The largest absolute Gasteiger partial charge is 0.495 e. The summed E-state index contributed by atoms with van der Waals surface area (Å²) in [6.45, 7) is 0.706. The molecule has 33 heavy (non-hydrogen) atoms. The summed E-state index contributed by atoms with van der Waals surface area (Å²) in [5.74, 6) is 0.445. The van der Waals surface area contributed by atoms with E-state index in [4.69, 9.17) is 4.74 Å². The lowest BCUT2D eigenvalue weighted by molar-refractivity contribution is -0.147.